The van der Waals surface area contributed by atoms with E-state index in [-0.39, 0.29) is 51.5 Å². The minimum atomic E-state index is -1.10. The summed E-state index contributed by atoms with van der Waals surface area (Å²) in [4.78, 5) is 49.3. The van der Waals surface area contributed by atoms with Crippen molar-refractivity contribution in [1.82, 2.24) is 10.6 Å². The average molecular weight is 567 g/mol. The molecule has 1 aliphatic carbocycles. The van der Waals surface area contributed by atoms with Gasteiger partial charge in [-0.1, -0.05) is 61.2 Å². The number of nitrogens with one attached hydrogen (secondary N) is 2. The van der Waals surface area contributed by atoms with Gasteiger partial charge in [-0.15, -0.1) is 0 Å². The van der Waals surface area contributed by atoms with Crippen molar-refractivity contribution in [3.63, 3.8) is 0 Å². The van der Waals surface area contributed by atoms with Crippen molar-refractivity contribution < 1.29 is 38.1 Å². The Bertz CT molecular complexity index is 1190. The van der Waals surface area contributed by atoms with Crippen LogP contribution in [0.3, 0.4) is 0 Å². The molecule has 0 aromatic heterocycles. The Morgan fingerprint density at radius 2 is 1.56 bits per heavy atom. The van der Waals surface area contributed by atoms with E-state index in [0.29, 0.717) is 0 Å². The van der Waals surface area contributed by atoms with Crippen LogP contribution in [0.2, 0.25) is 0 Å². The monoisotopic (exact) mass is 566 g/mol. The maximum absolute atomic E-state index is 12.8. The Balaban J connectivity index is 1.57. The van der Waals surface area contributed by atoms with Crippen molar-refractivity contribution in [3.05, 3.63) is 72.3 Å². The predicted octanol–water partition coefficient (Wildman–Crippen LogP) is 4.86. The molecule has 0 radical (unpaired) electrons. The maximum atomic E-state index is 12.8. The predicted molar refractivity (Wildman–Crippen MR) is 152 cm³/mol. The third kappa shape index (κ3) is 9.66. The van der Waals surface area contributed by atoms with Gasteiger partial charge in [0.1, 0.15) is 24.9 Å². The molecule has 2 aromatic carbocycles. The molecular formula is C31H38N2O8. The smallest absolute Gasteiger partial charge is 0.407 e. The molecule has 10 heteroatoms. The van der Waals surface area contributed by atoms with E-state index >= 15 is 0 Å². The summed E-state index contributed by atoms with van der Waals surface area (Å²) in [5, 5.41) is 5.13. The summed E-state index contributed by atoms with van der Waals surface area (Å²) in [6, 6.07) is 14.8. The molecule has 2 N–H and O–H groups in total. The van der Waals surface area contributed by atoms with Crippen molar-refractivity contribution in [1.29, 1.82) is 0 Å². The largest absolute Gasteiger partial charge is 0.464 e. The molecule has 0 fully saturated rings. The number of rotatable bonds is 13. The summed E-state index contributed by atoms with van der Waals surface area (Å²) in [5.74, 6) is -1.30. The van der Waals surface area contributed by atoms with Gasteiger partial charge in [-0.3, -0.25) is 4.79 Å². The highest BCUT2D eigenvalue weighted by atomic mass is 16.6. The van der Waals surface area contributed by atoms with E-state index in [1.807, 2.05) is 48.5 Å². The lowest BCUT2D eigenvalue weighted by Crippen LogP contribution is -2.45. The Morgan fingerprint density at radius 1 is 0.927 bits per heavy atom. The van der Waals surface area contributed by atoms with E-state index in [0.717, 1.165) is 22.3 Å². The molecule has 0 spiro atoms. The van der Waals surface area contributed by atoms with Gasteiger partial charge < -0.3 is 29.6 Å². The van der Waals surface area contributed by atoms with Crippen LogP contribution in [0.4, 0.5) is 9.59 Å². The van der Waals surface area contributed by atoms with E-state index in [1.165, 1.54) is 6.08 Å². The number of alkyl carbamates (subject to hydrolysis) is 2. The Kier molecular flexibility index (Phi) is 11.3. The van der Waals surface area contributed by atoms with Gasteiger partial charge in [-0.05, 0) is 55.9 Å². The fraction of sp³-hybridized carbons (Fsp3) is 0.419. The zero-order chi connectivity index (χ0) is 29.8. The zero-order valence-corrected chi connectivity index (χ0v) is 23.8. The lowest BCUT2D eigenvalue weighted by molar-refractivity contribution is -0.148. The van der Waals surface area contributed by atoms with Crippen LogP contribution in [0.25, 0.3) is 11.1 Å². The molecule has 2 amide bonds. The molecule has 0 saturated carbocycles. The third-order valence-corrected chi connectivity index (χ3v) is 6.15. The van der Waals surface area contributed by atoms with Crippen LogP contribution in [0, 0.1) is 0 Å². The summed E-state index contributed by atoms with van der Waals surface area (Å²) in [5.41, 5.74) is 3.63. The minimum Gasteiger partial charge on any atom is -0.464 e. The van der Waals surface area contributed by atoms with Gasteiger partial charge in [0, 0.05) is 18.9 Å². The quantitative estimate of drug-likeness (QED) is 0.152. The van der Waals surface area contributed by atoms with Crippen molar-refractivity contribution >= 4 is 24.1 Å². The van der Waals surface area contributed by atoms with E-state index in [9.17, 15) is 19.2 Å². The summed E-state index contributed by atoms with van der Waals surface area (Å²) in [7, 11) is 0. The molecular weight excluding hydrogens is 528 g/mol. The summed E-state index contributed by atoms with van der Waals surface area (Å²) >= 11 is 0. The lowest BCUT2D eigenvalue weighted by Gasteiger charge is -2.21. The van der Waals surface area contributed by atoms with E-state index < -0.39 is 35.8 Å². The number of benzene rings is 2. The van der Waals surface area contributed by atoms with Crippen LogP contribution < -0.4 is 10.6 Å². The molecule has 2 aromatic rings. The number of amides is 2. The highest BCUT2D eigenvalue weighted by molar-refractivity contribution is 5.82. The second-order valence-corrected chi connectivity index (χ2v) is 10.5. The number of fused-ring (bicyclic) bond motifs is 3. The molecule has 41 heavy (non-hydrogen) atoms. The maximum Gasteiger partial charge on any atom is 0.407 e. The van der Waals surface area contributed by atoms with Crippen LogP contribution in [0.15, 0.2) is 61.2 Å². The molecule has 10 nitrogen and oxygen atoms in total. The first kappa shape index (κ1) is 31.2. The minimum absolute atomic E-state index is 0.0314. The Hall–Kier alpha value is -4.34. The van der Waals surface area contributed by atoms with E-state index in [4.69, 9.17) is 18.9 Å². The normalized spacial score (nSPS) is 12.8. The lowest BCUT2D eigenvalue weighted by atomic mass is 9.98. The molecule has 1 atom stereocenters. The molecule has 0 aliphatic heterocycles. The fourth-order valence-corrected chi connectivity index (χ4v) is 4.38. The second kappa shape index (κ2) is 14.9. The highest BCUT2D eigenvalue weighted by Crippen LogP contribution is 2.44. The second-order valence-electron chi connectivity index (χ2n) is 10.5. The molecule has 220 valence electrons. The zero-order valence-electron chi connectivity index (χ0n) is 23.8. The molecule has 1 unspecified atom stereocenters. The first-order valence-electron chi connectivity index (χ1n) is 13.6. The van der Waals surface area contributed by atoms with Gasteiger partial charge in [0.25, 0.3) is 0 Å². The topological polar surface area (TPSA) is 129 Å². The van der Waals surface area contributed by atoms with Gasteiger partial charge in [-0.2, -0.15) is 0 Å². The summed E-state index contributed by atoms with van der Waals surface area (Å²) in [6.07, 6.45) is 0.358. The number of hydrogen-bond donors (Lipinski definition) is 2. The highest BCUT2D eigenvalue weighted by Gasteiger charge is 2.30. The first-order chi connectivity index (χ1) is 19.6. The molecule has 0 bridgehead atoms. The molecule has 3 rings (SSSR count). The standard InChI is InChI=1S/C31H38N2O8/c1-5-18-38-27(34)15-10-19-39-28(35)26(16-17-32-29(36)41-31(2,3)4)33-30(37)40-20-25-23-13-8-6-11-21(23)22-12-7-9-14-24(22)25/h5-9,11-14,25-26H,1,10,15-20H2,2-4H3,(H,32,36)(H,33,37). The number of ether oxygens (including phenoxy) is 4. The van der Waals surface area contributed by atoms with E-state index in [1.54, 1.807) is 20.8 Å². The number of esters is 2. The Morgan fingerprint density at radius 3 is 2.17 bits per heavy atom. The molecule has 1 aliphatic rings. The van der Waals surface area contributed by atoms with Crippen molar-refractivity contribution in [2.24, 2.45) is 0 Å². The van der Waals surface area contributed by atoms with Gasteiger partial charge in [0.2, 0.25) is 0 Å². The van der Waals surface area contributed by atoms with Crippen LogP contribution in [-0.4, -0.2) is 62.1 Å². The van der Waals surface area contributed by atoms with Crippen molar-refractivity contribution in [2.45, 2.75) is 57.6 Å². The third-order valence-electron chi connectivity index (χ3n) is 6.15. The van der Waals surface area contributed by atoms with Crippen LogP contribution in [-0.2, 0) is 28.5 Å². The van der Waals surface area contributed by atoms with E-state index in [2.05, 4.69) is 17.2 Å². The average Bonchev–Trinajstić information content (AvgIpc) is 3.25. The van der Waals surface area contributed by atoms with Crippen LogP contribution in [0.5, 0.6) is 0 Å². The molecule has 0 saturated heterocycles. The summed E-state index contributed by atoms with van der Waals surface area (Å²) in [6.45, 7) is 8.85. The van der Waals surface area contributed by atoms with Gasteiger partial charge in [0.05, 0.1) is 6.61 Å². The van der Waals surface area contributed by atoms with Crippen molar-refractivity contribution in [2.75, 3.05) is 26.4 Å². The van der Waals surface area contributed by atoms with Gasteiger partial charge in [-0.25, -0.2) is 14.4 Å². The molecule has 0 heterocycles. The SMILES string of the molecule is C=CCOC(=O)CCCOC(=O)C(CCNC(=O)OC(C)(C)C)NC(=O)OCC1c2ccccc2-c2ccccc21. The van der Waals surface area contributed by atoms with Gasteiger partial charge >= 0.3 is 24.1 Å². The summed E-state index contributed by atoms with van der Waals surface area (Å²) < 4.78 is 21.0. The number of carbonyl (C=O) groups is 4. The Labute approximate surface area is 240 Å². The fourth-order valence-electron chi connectivity index (χ4n) is 4.38. The number of hydrogen-bond acceptors (Lipinski definition) is 8. The van der Waals surface area contributed by atoms with Crippen LogP contribution >= 0.6 is 0 Å². The van der Waals surface area contributed by atoms with Crippen LogP contribution in [0.1, 0.15) is 57.1 Å². The van der Waals surface area contributed by atoms with Crippen molar-refractivity contribution in [3.8, 4) is 11.1 Å². The number of carbonyl (C=O) groups excluding carboxylic acids is 4. The van der Waals surface area contributed by atoms with Gasteiger partial charge in [0.15, 0.2) is 0 Å². The first-order valence-corrected chi connectivity index (χ1v) is 13.6.